The third-order valence-corrected chi connectivity index (χ3v) is 19.4. The molecule has 5 aromatic carbocycles. The Labute approximate surface area is 251 Å². The van der Waals surface area contributed by atoms with E-state index >= 15 is 8.78 Å². The van der Waals surface area contributed by atoms with Gasteiger partial charge in [-0.1, -0.05) is 77.6 Å². The minimum atomic E-state index is -1.79. The first-order valence-electron chi connectivity index (χ1n) is 15.5. The van der Waals surface area contributed by atoms with Gasteiger partial charge in [0.2, 0.25) is 0 Å². The van der Waals surface area contributed by atoms with Crippen LogP contribution in [0.2, 0.25) is 36.3 Å². The third kappa shape index (κ3) is 5.17. The van der Waals surface area contributed by atoms with E-state index in [2.05, 4.69) is 76.6 Å². The molecule has 5 rings (SSSR count). The van der Waals surface area contributed by atoms with Crippen LogP contribution in [-0.2, 0) is 0 Å². The summed E-state index contributed by atoms with van der Waals surface area (Å²) in [6.45, 7) is 13.5. The maximum absolute atomic E-state index is 15.2. The molecule has 0 aromatic heterocycles. The van der Waals surface area contributed by atoms with Crippen molar-refractivity contribution in [3.63, 3.8) is 0 Å². The Balaban J connectivity index is 2.04. The standard InChI is InChI=1S/C38H40F2Si2/c1-7-41(8-2,9-3)21-19-29-33-23-27-15-13-18-38(40)32(27)26-36(33)30(20-22-42(10-4,11-5)12-6)34-24-28-16-14-17-37(39)31(28)25-35(29)34/h13-18,23-26H,7-12H2,1-6H3. The summed E-state index contributed by atoms with van der Waals surface area (Å²) in [6.07, 6.45) is 0. The number of hydrogen-bond acceptors (Lipinski definition) is 0. The lowest BCUT2D eigenvalue weighted by atomic mass is 9.89. The Morgan fingerprint density at radius 1 is 0.476 bits per heavy atom. The van der Waals surface area contributed by atoms with Crippen LogP contribution >= 0.6 is 0 Å². The first-order chi connectivity index (χ1) is 20.3. The average molecular weight is 591 g/mol. The highest BCUT2D eigenvalue weighted by atomic mass is 28.3. The lowest BCUT2D eigenvalue weighted by Crippen LogP contribution is -2.29. The van der Waals surface area contributed by atoms with E-state index in [9.17, 15) is 0 Å². The fourth-order valence-electron chi connectivity index (χ4n) is 6.38. The molecule has 4 heteroatoms. The van der Waals surface area contributed by atoms with Gasteiger partial charge in [0, 0.05) is 21.9 Å². The molecule has 0 bridgehead atoms. The highest BCUT2D eigenvalue weighted by Crippen LogP contribution is 2.38. The summed E-state index contributed by atoms with van der Waals surface area (Å²) in [6, 6.07) is 25.1. The summed E-state index contributed by atoms with van der Waals surface area (Å²) in [5.41, 5.74) is 9.40. The lowest BCUT2D eigenvalue weighted by molar-refractivity contribution is 0.639. The summed E-state index contributed by atoms with van der Waals surface area (Å²) in [4.78, 5) is 0. The van der Waals surface area contributed by atoms with E-state index in [0.29, 0.717) is 10.8 Å². The number of halogens is 2. The van der Waals surface area contributed by atoms with Gasteiger partial charge in [0.1, 0.15) is 27.8 Å². The van der Waals surface area contributed by atoms with E-state index < -0.39 is 16.1 Å². The molecule has 0 spiro atoms. The highest BCUT2D eigenvalue weighted by Gasteiger charge is 2.26. The van der Waals surface area contributed by atoms with Gasteiger partial charge in [0.05, 0.1) is 0 Å². The van der Waals surface area contributed by atoms with E-state index in [1.165, 1.54) is 12.1 Å². The third-order valence-electron chi connectivity index (χ3n) is 9.97. The average Bonchev–Trinajstić information content (AvgIpc) is 3.02. The minimum Gasteiger partial charge on any atom is -0.206 e. The van der Waals surface area contributed by atoms with E-state index in [4.69, 9.17) is 0 Å². The molecule has 0 heterocycles. The second-order valence-corrected chi connectivity index (χ2v) is 21.5. The Kier molecular flexibility index (Phi) is 8.61. The molecule has 0 amide bonds. The van der Waals surface area contributed by atoms with Crippen LogP contribution in [-0.4, -0.2) is 16.1 Å². The zero-order valence-corrected chi connectivity index (χ0v) is 27.8. The van der Waals surface area contributed by atoms with Crippen molar-refractivity contribution < 1.29 is 8.78 Å². The van der Waals surface area contributed by atoms with Crippen LogP contribution in [0.1, 0.15) is 52.7 Å². The maximum atomic E-state index is 15.2. The molecule has 0 atom stereocenters. The van der Waals surface area contributed by atoms with Crippen molar-refractivity contribution in [3.8, 4) is 22.9 Å². The van der Waals surface area contributed by atoms with E-state index in [1.54, 1.807) is 12.1 Å². The topological polar surface area (TPSA) is 0 Å². The number of fused-ring (bicyclic) bond motifs is 4. The quantitative estimate of drug-likeness (QED) is 0.105. The molecule has 5 aromatic rings. The Morgan fingerprint density at radius 2 is 0.810 bits per heavy atom. The van der Waals surface area contributed by atoms with Crippen LogP contribution in [0.4, 0.5) is 8.78 Å². The van der Waals surface area contributed by atoms with Gasteiger partial charge in [0.25, 0.3) is 0 Å². The number of benzene rings is 5. The van der Waals surface area contributed by atoms with Crippen LogP contribution in [0, 0.1) is 34.6 Å². The Morgan fingerprint density at radius 3 is 1.14 bits per heavy atom. The van der Waals surface area contributed by atoms with Crippen molar-refractivity contribution in [1.29, 1.82) is 0 Å². The highest BCUT2D eigenvalue weighted by molar-refractivity contribution is 6.87. The molecule has 0 radical (unpaired) electrons. The molecule has 0 fully saturated rings. The molecule has 0 nitrogen and oxygen atoms in total. The second-order valence-electron chi connectivity index (χ2n) is 11.6. The van der Waals surface area contributed by atoms with Gasteiger partial charge in [-0.2, -0.15) is 0 Å². The monoisotopic (exact) mass is 590 g/mol. The normalized spacial score (nSPS) is 12.0. The fourth-order valence-corrected chi connectivity index (χ4v) is 11.2. The molecule has 0 unspecified atom stereocenters. The van der Waals surface area contributed by atoms with Crippen LogP contribution in [0.15, 0.2) is 60.7 Å². The molecular formula is C38H40F2Si2. The number of hydrogen-bond donors (Lipinski definition) is 0. The maximum Gasteiger partial charge on any atom is 0.138 e. The van der Waals surface area contributed by atoms with Gasteiger partial charge in [-0.3, -0.25) is 0 Å². The predicted octanol–water partition coefficient (Wildman–Crippen LogP) is 11.4. The largest absolute Gasteiger partial charge is 0.206 e. The van der Waals surface area contributed by atoms with Crippen molar-refractivity contribution in [2.45, 2.75) is 77.8 Å². The molecular weight excluding hydrogens is 551 g/mol. The van der Waals surface area contributed by atoms with Crippen molar-refractivity contribution in [1.82, 2.24) is 0 Å². The van der Waals surface area contributed by atoms with Crippen LogP contribution < -0.4 is 0 Å². The van der Waals surface area contributed by atoms with Gasteiger partial charge < -0.3 is 0 Å². The first kappa shape index (κ1) is 30.0. The predicted molar refractivity (Wildman–Crippen MR) is 185 cm³/mol. The SMILES string of the molecule is CC[Si](C#Cc1c2cc3cccc(F)c3cc2c(C#C[Si](CC)(CC)CC)c2cc3cccc(F)c3cc12)(CC)CC. The van der Waals surface area contributed by atoms with Gasteiger partial charge in [-0.25, -0.2) is 8.78 Å². The summed E-state index contributed by atoms with van der Waals surface area (Å²) in [5.74, 6) is 6.87. The van der Waals surface area contributed by atoms with Crippen LogP contribution in [0.3, 0.4) is 0 Å². The van der Waals surface area contributed by atoms with Crippen LogP contribution in [0.25, 0.3) is 43.1 Å². The van der Waals surface area contributed by atoms with E-state index in [1.807, 2.05) is 24.3 Å². The Bertz CT molecular complexity index is 1780. The lowest BCUT2D eigenvalue weighted by Gasteiger charge is -2.21. The number of rotatable bonds is 6. The van der Waals surface area contributed by atoms with E-state index in [-0.39, 0.29) is 11.6 Å². The van der Waals surface area contributed by atoms with E-state index in [0.717, 1.165) is 79.7 Å². The van der Waals surface area contributed by atoms with Crippen LogP contribution in [0.5, 0.6) is 0 Å². The summed E-state index contributed by atoms with van der Waals surface area (Å²) in [5, 5.41) is 6.63. The molecule has 0 aliphatic rings. The van der Waals surface area contributed by atoms with Gasteiger partial charge in [0.15, 0.2) is 0 Å². The minimum absolute atomic E-state index is 0.240. The van der Waals surface area contributed by atoms with Crippen molar-refractivity contribution in [3.05, 3.63) is 83.4 Å². The van der Waals surface area contributed by atoms with Crippen molar-refractivity contribution in [2.24, 2.45) is 0 Å². The molecule has 0 aliphatic heterocycles. The molecule has 0 saturated heterocycles. The van der Waals surface area contributed by atoms with Gasteiger partial charge >= 0.3 is 0 Å². The first-order valence-corrected chi connectivity index (χ1v) is 20.8. The summed E-state index contributed by atoms with van der Waals surface area (Å²) in [7, 11) is -3.58. The van der Waals surface area contributed by atoms with Crippen molar-refractivity contribution in [2.75, 3.05) is 0 Å². The zero-order valence-electron chi connectivity index (χ0n) is 25.8. The fraction of sp³-hybridized carbons (Fsp3) is 0.316. The second kappa shape index (κ2) is 12.0. The molecule has 42 heavy (non-hydrogen) atoms. The van der Waals surface area contributed by atoms with Gasteiger partial charge in [-0.15, -0.1) is 11.1 Å². The van der Waals surface area contributed by atoms with Gasteiger partial charge in [-0.05, 0) is 105 Å². The Hall–Kier alpha value is -3.45. The summed E-state index contributed by atoms with van der Waals surface area (Å²) < 4.78 is 30.4. The zero-order chi connectivity index (χ0) is 30.1. The molecule has 0 N–H and O–H groups in total. The van der Waals surface area contributed by atoms with Crippen molar-refractivity contribution >= 4 is 59.2 Å². The smallest absolute Gasteiger partial charge is 0.138 e. The summed E-state index contributed by atoms with van der Waals surface area (Å²) >= 11 is 0. The molecule has 0 saturated carbocycles. The molecule has 0 aliphatic carbocycles. The molecule has 214 valence electrons.